The topological polar surface area (TPSA) is 95.5 Å². The van der Waals surface area contributed by atoms with Gasteiger partial charge < -0.3 is 15.7 Å². The average Bonchev–Trinajstić information content (AvgIpc) is 3.04. The monoisotopic (exact) mass is 318 g/mol. The lowest BCUT2D eigenvalue weighted by Gasteiger charge is -2.09. The van der Waals surface area contributed by atoms with Crippen molar-refractivity contribution < 1.29 is 19.5 Å². The van der Waals surface area contributed by atoms with Gasteiger partial charge in [0.15, 0.2) is 0 Å². The lowest BCUT2D eigenvalue weighted by Crippen LogP contribution is -2.18. The van der Waals surface area contributed by atoms with Crippen molar-refractivity contribution in [1.29, 1.82) is 0 Å². The van der Waals surface area contributed by atoms with Gasteiger partial charge in [-0.3, -0.25) is 14.4 Å². The third kappa shape index (κ3) is 3.52. The van der Waals surface area contributed by atoms with Crippen LogP contribution in [0.4, 0.5) is 11.4 Å². The van der Waals surface area contributed by atoms with E-state index < -0.39 is 23.2 Å². The van der Waals surface area contributed by atoms with Crippen LogP contribution in [0.15, 0.2) is 24.3 Å². The second-order valence-electron chi connectivity index (χ2n) is 6.83. The summed E-state index contributed by atoms with van der Waals surface area (Å²) in [6, 6.07) is 6.75. The Morgan fingerprint density at radius 3 is 1.87 bits per heavy atom. The van der Waals surface area contributed by atoms with Crippen LogP contribution in [0, 0.1) is 23.2 Å². The molecule has 0 saturated heterocycles. The van der Waals surface area contributed by atoms with E-state index in [1.54, 1.807) is 52.0 Å². The SMILES string of the molecule is CC(C)C(=O)Nc1ccc(NC(=O)[C@@H]2[C@@H](C(=O)O)C2(C)C)cc1. The number of carboxylic acids is 1. The zero-order valence-electron chi connectivity index (χ0n) is 13.7. The number of rotatable bonds is 5. The first-order valence-electron chi connectivity index (χ1n) is 7.59. The Morgan fingerprint density at radius 1 is 1.00 bits per heavy atom. The van der Waals surface area contributed by atoms with Crippen LogP contribution in [0.1, 0.15) is 27.7 Å². The standard InChI is InChI=1S/C17H22N2O4/c1-9(2)14(20)18-10-5-7-11(8-6-10)19-15(21)12-13(16(22)23)17(12,3)4/h5-9,12-13H,1-4H3,(H,18,20)(H,19,21)(H,22,23)/t12-,13-/m0/s1. The highest BCUT2D eigenvalue weighted by Gasteiger charge is 2.65. The van der Waals surface area contributed by atoms with E-state index in [1.165, 1.54) is 0 Å². The maximum atomic E-state index is 12.2. The Hall–Kier alpha value is -2.37. The average molecular weight is 318 g/mol. The van der Waals surface area contributed by atoms with Crippen molar-refractivity contribution in [2.75, 3.05) is 10.6 Å². The summed E-state index contributed by atoms with van der Waals surface area (Å²) in [4.78, 5) is 34.9. The Bertz CT molecular complexity index is 634. The first kappa shape index (κ1) is 17.0. The molecule has 6 nitrogen and oxygen atoms in total. The van der Waals surface area contributed by atoms with Gasteiger partial charge in [-0.1, -0.05) is 27.7 Å². The minimum atomic E-state index is -0.943. The predicted octanol–water partition coefficient (Wildman–Crippen LogP) is 2.58. The minimum absolute atomic E-state index is 0.0779. The molecule has 3 N–H and O–H groups in total. The van der Waals surface area contributed by atoms with Crippen LogP contribution in [-0.2, 0) is 14.4 Å². The van der Waals surface area contributed by atoms with Gasteiger partial charge in [0.2, 0.25) is 11.8 Å². The maximum absolute atomic E-state index is 12.2. The zero-order chi connectivity index (χ0) is 17.4. The molecule has 2 atom stereocenters. The van der Waals surface area contributed by atoms with Crippen molar-refractivity contribution in [2.45, 2.75) is 27.7 Å². The minimum Gasteiger partial charge on any atom is -0.481 e. The third-order valence-electron chi connectivity index (χ3n) is 4.32. The predicted molar refractivity (Wildman–Crippen MR) is 86.9 cm³/mol. The summed E-state index contributed by atoms with van der Waals surface area (Å²) in [6.45, 7) is 7.17. The summed E-state index contributed by atoms with van der Waals surface area (Å²) in [5, 5.41) is 14.6. The normalized spacial score (nSPS) is 21.6. The number of amides is 2. The molecule has 1 fully saturated rings. The molecular formula is C17H22N2O4. The number of anilines is 2. The molecule has 2 rings (SSSR count). The van der Waals surface area contributed by atoms with Gasteiger partial charge in [-0.05, 0) is 29.7 Å². The van der Waals surface area contributed by atoms with Gasteiger partial charge in [0.1, 0.15) is 0 Å². The number of aliphatic carboxylic acids is 1. The van der Waals surface area contributed by atoms with Crippen LogP contribution in [0.2, 0.25) is 0 Å². The van der Waals surface area contributed by atoms with E-state index in [2.05, 4.69) is 10.6 Å². The van der Waals surface area contributed by atoms with Crippen LogP contribution in [-0.4, -0.2) is 22.9 Å². The number of carbonyl (C=O) groups excluding carboxylic acids is 2. The van der Waals surface area contributed by atoms with Crippen LogP contribution >= 0.6 is 0 Å². The summed E-state index contributed by atoms with van der Waals surface area (Å²) in [5.74, 6) is -2.60. The molecule has 23 heavy (non-hydrogen) atoms. The number of hydrogen-bond donors (Lipinski definition) is 3. The number of nitrogens with one attached hydrogen (secondary N) is 2. The van der Waals surface area contributed by atoms with E-state index in [0.717, 1.165) is 0 Å². The lowest BCUT2D eigenvalue weighted by atomic mass is 10.1. The van der Waals surface area contributed by atoms with E-state index in [1.807, 2.05) is 0 Å². The van der Waals surface area contributed by atoms with Crippen molar-refractivity contribution in [1.82, 2.24) is 0 Å². The van der Waals surface area contributed by atoms with E-state index in [9.17, 15) is 14.4 Å². The van der Waals surface area contributed by atoms with Crippen molar-refractivity contribution in [3.8, 4) is 0 Å². The summed E-state index contributed by atoms with van der Waals surface area (Å²) in [6.07, 6.45) is 0. The smallest absolute Gasteiger partial charge is 0.307 e. The molecule has 0 heterocycles. The molecule has 1 aliphatic rings. The molecule has 2 amide bonds. The summed E-state index contributed by atoms with van der Waals surface area (Å²) >= 11 is 0. The molecule has 0 spiro atoms. The fraction of sp³-hybridized carbons (Fsp3) is 0.471. The molecule has 0 radical (unpaired) electrons. The Balaban J connectivity index is 1.98. The quantitative estimate of drug-likeness (QED) is 0.777. The third-order valence-corrected chi connectivity index (χ3v) is 4.32. The lowest BCUT2D eigenvalue weighted by molar-refractivity contribution is -0.140. The molecule has 0 aliphatic heterocycles. The number of benzene rings is 1. The van der Waals surface area contributed by atoms with Gasteiger partial charge in [0.05, 0.1) is 11.8 Å². The number of carboxylic acid groups (broad SMARTS) is 1. The van der Waals surface area contributed by atoms with Crippen molar-refractivity contribution >= 4 is 29.2 Å². The highest BCUT2D eigenvalue weighted by molar-refractivity contribution is 6.00. The molecule has 1 aromatic rings. The van der Waals surface area contributed by atoms with Crippen molar-refractivity contribution in [3.63, 3.8) is 0 Å². The van der Waals surface area contributed by atoms with Crippen LogP contribution in [0.3, 0.4) is 0 Å². The van der Waals surface area contributed by atoms with Gasteiger partial charge >= 0.3 is 5.97 Å². The van der Waals surface area contributed by atoms with Gasteiger partial charge in [0.25, 0.3) is 0 Å². The van der Waals surface area contributed by atoms with Gasteiger partial charge in [-0.25, -0.2) is 0 Å². The molecule has 6 heteroatoms. The maximum Gasteiger partial charge on any atom is 0.307 e. The van der Waals surface area contributed by atoms with Crippen LogP contribution in [0.25, 0.3) is 0 Å². The first-order valence-corrected chi connectivity index (χ1v) is 7.59. The van der Waals surface area contributed by atoms with E-state index in [4.69, 9.17) is 5.11 Å². The highest BCUT2D eigenvalue weighted by Crippen LogP contribution is 2.58. The Kier molecular flexibility index (Phi) is 4.45. The molecule has 0 unspecified atom stereocenters. The zero-order valence-corrected chi connectivity index (χ0v) is 13.7. The van der Waals surface area contributed by atoms with Gasteiger partial charge in [-0.15, -0.1) is 0 Å². The first-order chi connectivity index (χ1) is 10.6. The molecule has 1 aliphatic carbocycles. The number of carbonyl (C=O) groups is 3. The van der Waals surface area contributed by atoms with E-state index in [0.29, 0.717) is 11.4 Å². The van der Waals surface area contributed by atoms with Gasteiger partial charge in [-0.2, -0.15) is 0 Å². The molecule has 0 aromatic heterocycles. The van der Waals surface area contributed by atoms with Gasteiger partial charge in [0, 0.05) is 17.3 Å². The van der Waals surface area contributed by atoms with Crippen molar-refractivity contribution in [3.05, 3.63) is 24.3 Å². The van der Waals surface area contributed by atoms with Crippen LogP contribution in [0.5, 0.6) is 0 Å². The van der Waals surface area contributed by atoms with Crippen LogP contribution < -0.4 is 10.6 Å². The molecular weight excluding hydrogens is 296 g/mol. The Labute approximate surface area is 135 Å². The number of hydrogen-bond acceptors (Lipinski definition) is 3. The molecule has 124 valence electrons. The highest BCUT2D eigenvalue weighted by atomic mass is 16.4. The molecule has 1 aromatic carbocycles. The van der Waals surface area contributed by atoms with Crippen molar-refractivity contribution in [2.24, 2.45) is 23.2 Å². The summed E-state index contributed by atoms with van der Waals surface area (Å²) < 4.78 is 0. The fourth-order valence-electron chi connectivity index (χ4n) is 2.73. The molecule has 1 saturated carbocycles. The molecule has 0 bridgehead atoms. The van der Waals surface area contributed by atoms with E-state index >= 15 is 0 Å². The Morgan fingerprint density at radius 2 is 1.48 bits per heavy atom. The second kappa shape index (κ2) is 6.02. The summed E-state index contributed by atoms with van der Waals surface area (Å²) in [7, 11) is 0. The fourth-order valence-corrected chi connectivity index (χ4v) is 2.73. The van der Waals surface area contributed by atoms with E-state index in [-0.39, 0.29) is 17.7 Å². The summed E-state index contributed by atoms with van der Waals surface area (Å²) in [5.41, 5.74) is 0.697. The largest absolute Gasteiger partial charge is 0.481 e. The second-order valence-corrected chi connectivity index (χ2v) is 6.83.